The summed E-state index contributed by atoms with van der Waals surface area (Å²) in [7, 11) is 0. The lowest BCUT2D eigenvalue weighted by atomic mass is 9.90. The molecular weight excluding hydrogens is 418 g/mol. The van der Waals surface area contributed by atoms with Crippen LogP contribution >= 0.6 is 0 Å². The molecule has 1 aliphatic carbocycles. The van der Waals surface area contributed by atoms with Crippen molar-refractivity contribution in [2.45, 2.75) is 51.1 Å². The van der Waals surface area contributed by atoms with E-state index in [1.807, 2.05) is 49.4 Å². The van der Waals surface area contributed by atoms with Crippen molar-refractivity contribution in [2.75, 3.05) is 6.61 Å². The van der Waals surface area contributed by atoms with Crippen molar-refractivity contribution < 1.29 is 23.8 Å². The van der Waals surface area contributed by atoms with Crippen LogP contribution in [0.15, 0.2) is 70.3 Å². The standard InChI is InChI=1S/C27H27NO5/c1-2-32-20-13-8-10-18(15-20)24-23(25(29)22-16-17-9-6-7-14-21(17)33-22)26(30)27(31)28(24)19-11-4-3-5-12-19/h6-10,13-16,19,24,30H,2-5,11-12H2,1H3. The Morgan fingerprint density at radius 3 is 2.64 bits per heavy atom. The van der Waals surface area contributed by atoms with E-state index >= 15 is 0 Å². The molecule has 170 valence electrons. The van der Waals surface area contributed by atoms with Crippen molar-refractivity contribution in [3.8, 4) is 5.75 Å². The zero-order valence-electron chi connectivity index (χ0n) is 18.6. The van der Waals surface area contributed by atoms with Crippen molar-refractivity contribution in [3.05, 3.63) is 77.3 Å². The van der Waals surface area contributed by atoms with Gasteiger partial charge in [0.05, 0.1) is 18.2 Å². The molecule has 2 aromatic carbocycles. The summed E-state index contributed by atoms with van der Waals surface area (Å²) in [5.74, 6) is -0.678. The van der Waals surface area contributed by atoms with Crippen LogP contribution in [0, 0.1) is 0 Å². The van der Waals surface area contributed by atoms with Crippen molar-refractivity contribution in [2.24, 2.45) is 0 Å². The number of ketones is 1. The topological polar surface area (TPSA) is 80.0 Å². The zero-order chi connectivity index (χ0) is 22.9. The largest absolute Gasteiger partial charge is 0.503 e. The molecule has 0 saturated heterocycles. The molecule has 1 fully saturated rings. The number of para-hydroxylation sites is 1. The highest BCUT2D eigenvalue weighted by Gasteiger charge is 2.47. The number of aliphatic hydroxyl groups is 1. The lowest BCUT2D eigenvalue weighted by Crippen LogP contribution is -2.41. The number of rotatable bonds is 6. The molecule has 1 aliphatic heterocycles. The second-order valence-electron chi connectivity index (χ2n) is 8.65. The Kier molecular flexibility index (Phi) is 5.67. The van der Waals surface area contributed by atoms with Gasteiger partial charge in [-0.25, -0.2) is 0 Å². The molecule has 1 atom stereocenters. The second kappa shape index (κ2) is 8.77. The molecule has 33 heavy (non-hydrogen) atoms. The Morgan fingerprint density at radius 1 is 1.09 bits per heavy atom. The minimum absolute atomic E-state index is 0.0323. The number of benzene rings is 2. The van der Waals surface area contributed by atoms with Gasteiger partial charge in [0.25, 0.3) is 5.91 Å². The van der Waals surface area contributed by atoms with E-state index in [0.29, 0.717) is 17.9 Å². The molecule has 2 aliphatic rings. The number of nitrogens with zero attached hydrogens (tertiary/aromatic N) is 1. The number of fused-ring (bicyclic) bond motifs is 1. The van der Waals surface area contributed by atoms with Crippen LogP contribution in [0.5, 0.6) is 5.75 Å². The summed E-state index contributed by atoms with van der Waals surface area (Å²) in [6.45, 7) is 2.41. The summed E-state index contributed by atoms with van der Waals surface area (Å²) >= 11 is 0. The maximum absolute atomic E-state index is 13.7. The number of Topliss-reactive ketones (excluding diaryl/α,β-unsaturated/α-hetero) is 1. The summed E-state index contributed by atoms with van der Waals surface area (Å²) < 4.78 is 11.5. The average molecular weight is 446 g/mol. The lowest BCUT2D eigenvalue weighted by Gasteiger charge is -2.36. The molecule has 2 heterocycles. The van der Waals surface area contributed by atoms with Crippen molar-refractivity contribution >= 4 is 22.7 Å². The molecule has 1 unspecified atom stereocenters. The van der Waals surface area contributed by atoms with Gasteiger partial charge in [-0.2, -0.15) is 0 Å². The highest BCUT2D eigenvalue weighted by Crippen LogP contribution is 2.43. The van der Waals surface area contributed by atoms with Gasteiger partial charge >= 0.3 is 0 Å². The van der Waals surface area contributed by atoms with Gasteiger partial charge < -0.3 is 19.2 Å². The van der Waals surface area contributed by atoms with E-state index in [-0.39, 0.29) is 17.4 Å². The SMILES string of the molecule is CCOc1cccc(C2C(C(=O)c3cc4ccccc4o3)=C(O)C(=O)N2C2CCCCC2)c1. The van der Waals surface area contributed by atoms with E-state index in [0.717, 1.165) is 43.1 Å². The molecule has 3 aromatic rings. The Bertz CT molecular complexity index is 1200. The molecule has 5 rings (SSSR count). The number of carbonyl (C=O) groups excluding carboxylic acids is 2. The first kappa shape index (κ1) is 21.3. The number of amides is 1. The summed E-state index contributed by atoms with van der Waals surface area (Å²) in [5, 5.41) is 11.8. The predicted molar refractivity (Wildman–Crippen MR) is 124 cm³/mol. The minimum Gasteiger partial charge on any atom is -0.503 e. The van der Waals surface area contributed by atoms with Crippen LogP contribution in [0.4, 0.5) is 0 Å². The first-order chi connectivity index (χ1) is 16.1. The molecular formula is C27H27NO5. The van der Waals surface area contributed by atoms with Crippen LogP contribution in [0.2, 0.25) is 0 Å². The Morgan fingerprint density at radius 2 is 1.88 bits per heavy atom. The monoisotopic (exact) mass is 445 g/mol. The van der Waals surface area contributed by atoms with Crippen LogP contribution in [-0.2, 0) is 4.79 Å². The average Bonchev–Trinajstić information content (AvgIpc) is 3.39. The summed E-state index contributed by atoms with van der Waals surface area (Å²) in [4.78, 5) is 28.7. The van der Waals surface area contributed by atoms with Crippen LogP contribution in [-0.4, -0.2) is 34.3 Å². The minimum atomic E-state index is -0.693. The fourth-order valence-corrected chi connectivity index (χ4v) is 5.09. The third-order valence-corrected chi connectivity index (χ3v) is 6.59. The van der Waals surface area contributed by atoms with E-state index in [2.05, 4.69) is 0 Å². The summed E-state index contributed by atoms with van der Waals surface area (Å²) in [6, 6.07) is 15.7. The van der Waals surface area contributed by atoms with Gasteiger partial charge in [-0.15, -0.1) is 0 Å². The lowest BCUT2D eigenvalue weighted by molar-refractivity contribution is -0.132. The molecule has 0 radical (unpaired) electrons. The van der Waals surface area contributed by atoms with Crippen LogP contribution in [0.1, 0.15) is 61.2 Å². The first-order valence-electron chi connectivity index (χ1n) is 11.6. The molecule has 6 nitrogen and oxygen atoms in total. The van der Waals surface area contributed by atoms with Gasteiger partial charge in [-0.3, -0.25) is 9.59 Å². The Labute approximate surface area is 192 Å². The Balaban J connectivity index is 1.61. The van der Waals surface area contributed by atoms with E-state index < -0.39 is 23.5 Å². The number of furan rings is 1. The second-order valence-corrected chi connectivity index (χ2v) is 8.65. The van der Waals surface area contributed by atoms with Gasteiger partial charge in [-0.05, 0) is 49.6 Å². The molecule has 1 aromatic heterocycles. The molecule has 0 bridgehead atoms. The van der Waals surface area contributed by atoms with Gasteiger partial charge in [0.2, 0.25) is 5.78 Å². The smallest absolute Gasteiger partial charge is 0.290 e. The highest BCUT2D eigenvalue weighted by atomic mass is 16.5. The molecule has 1 N–H and O–H groups in total. The van der Waals surface area contributed by atoms with Crippen LogP contribution in [0.3, 0.4) is 0 Å². The van der Waals surface area contributed by atoms with Gasteiger partial charge in [0.15, 0.2) is 11.5 Å². The van der Waals surface area contributed by atoms with Gasteiger partial charge in [-0.1, -0.05) is 49.6 Å². The number of ether oxygens (including phenoxy) is 1. The normalized spacial score (nSPS) is 19.5. The van der Waals surface area contributed by atoms with Crippen LogP contribution < -0.4 is 4.74 Å². The van der Waals surface area contributed by atoms with Crippen LogP contribution in [0.25, 0.3) is 11.0 Å². The third-order valence-electron chi connectivity index (χ3n) is 6.59. The molecule has 1 saturated carbocycles. The van der Waals surface area contributed by atoms with Gasteiger partial charge in [0.1, 0.15) is 11.3 Å². The van der Waals surface area contributed by atoms with Gasteiger partial charge in [0, 0.05) is 11.4 Å². The number of hydrogen-bond donors (Lipinski definition) is 1. The predicted octanol–water partition coefficient (Wildman–Crippen LogP) is 5.74. The third kappa shape index (κ3) is 3.80. The number of aliphatic hydroxyl groups excluding tert-OH is 1. The highest BCUT2D eigenvalue weighted by molar-refractivity contribution is 6.16. The maximum atomic E-state index is 13.7. The molecule has 6 heteroatoms. The first-order valence-corrected chi connectivity index (χ1v) is 11.6. The van der Waals surface area contributed by atoms with E-state index in [1.165, 1.54) is 0 Å². The molecule has 1 amide bonds. The van der Waals surface area contributed by atoms with Crippen molar-refractivity contribution in [1.82, 2.24) is 4.90 Å². The van der Waals surface area contributed by atoms with E-state index in [1.54, 1.807) is 17.0 Å². The molecule has 0 spiro atoms. The quantitative estimate of drug-likeness (QED) is 0.489. The van der Waals surface area contributed by atoms with E-state index in [4.69, 9.17) is 9.15 Å². The Hall–Kier alpha value is -3.54. The zero-order valence-corrected chi connectivity index (χ0v) is 18.6. The van der Waals surface area contributed by atoms with Crippen molar-refractivity contribution in [1.29, 1.82) is 0 Å². The maximum Gasteiger partial charge on any atom is 0.290 e. The fourth-order valence-electron chi connectivity index (χ4n) is 5.09. The number of hydrogen-bond acceptors (Lipinski definition) is 5. The summed E-state index contributed by atoms with van der Waals surface area (Å²) in [6.07, 6.45) is 4.88. The fraction of sp³-hybridized carbons (Fsp3) is 0.333. The van der Waals surface area contributed by atoms with Crippen molar-refractivity contribution in [3.63, 3.8) is 0 Å². The summed E-state index contributed by atoms with van der Waals surface area (Å²) in [5.41, 5.74) is 1.39. The number of carbonyl (C=O) groups is 2. The van der Waals surface area contributed by atoms with E-state index in [9.17, 15) is 14.7 Å².